The lowest BCUT2D eigenvalue weighted by atomic mass is 10.0. The maximum Gasteiger partial charge on any atom is 0.222 e. The lowest BCUT2D eigenvalue weighted by Gasteiger charge is -2.36. The molecular formula is C13H18ClN3OS. The smallest absolute Gasteiger partial charge is 0.222 e. The molecule has 4 nitrogen and oxygen atoms in total. The van der Waals surface area contributed by atoms with Crippen molar-refractivity contribution in [2.45, 2.75) is 38.3 Å². The van der Waals surface area contributed by atoms with Crippen molar-refractivity contribution in [2.75, 3.05) is 19.6 Å². The van der Waals surface area contributed by atoms with E-state index in [4.69, 9.17) is 11.6 Å². The Balaban J connectivity index is 1.50. The molecule has 19 heavy (non-hydrogen) atoms. The van der Waals surface area contributed by atoms with Gasteiger partial charge >= 0.3 is 0 Å². The van der Waals surface area contributed by atoms with E-state index < -0.39 is 0 Å². The molecule has 0 saturated carbocycles. The minimum Gasteiger partial charge on any atom is -0.340 e. The number of thiazole rings is 1. The Morgan fingerprint density at radius 2 is 2.16 bits per heavy atom. The SMILES string of the molecule is O=C1CCCN1C1CCN(Cc2cnc(Cl)s2)CC1. The van der Waals surface area contributed by atoms with Crippen LogP contribution in [-0.2, 0) is 11.3 Å². The summed E-state index contributed by atoms with van der Waals surface area (Å²) in [6, 6.07) is 0.469. The van der Waals surface area contributed by atoms with Crippen molar-refractivity contribution in [2.24, 2.45) is 0 Å². The molecular weight excluding hydrogens is 282 g/mol. The quantitative estimate of drug-likeness (QED) is 0.860. The van der Waals surface area contributed by atoms with Crippen LogP contribution in [0.15, 0.2) is 6.20 Å². The molecule has 1 aromatic heterocycles. The van der Waals surface area contributed by atoms with Gasteiger partial charge in [0.2, 0.25) is 5.91 Å². The zero-order valence-electron chi connectivity index (χ0n) is 10.8. The summed E-state index contributed by atoms with van der Waals surface area (Å²) in [5.74, 6) is 0.354. The van der Waals surface area contributed by atoms with Crippen LogP contribution in [0.5, 0.6) is 0 Å². The highest BCUT2D eigenvalue weighted by Crippen LogP contribution is 2.24. The van der Waals surface area contributed by atoms with Crippen LogP contribution in [0, 0.1) is 0 Å². The van der Waals surface area contributed by atoms with Crippen molar-refractivity contribution >= 4 is 28.8 Å². The number of rotatable bonds is 3. The Morgan fingerprint density at radius 1 is 1.37 bits per heavy atom. The van der Waals surface area contributed by atoms with Gasteiger partial charge in [0, 0.05) is 49.7 Å². The lowest BCUT2D eigenvalue weighted by Crippen LogP contribution is -2.45. The Bertz CT molecular complexity index is 456. The first-order chi connectivity index (χ1) is 9.22. The molecule has 0 aliphatic carbocycles. The second kappa shape index (κ2) is 5.77. The fraction of sp³-hybridized carbons (Fsp3) is 0.692. The summed E-state index contributed by atoms with van der Waals surface area (Å²) in [4.78, 5) is 21.6. The highest BCUT2D eigenvalue weighted by atomic mass is 35.5. The van der Waals surface area contributed by atoms with Gasteiger partial charge < -0.3 is 4.90 Å². The number of carbonyl (C=O) groups is 1. The molecule has 104 valence electrons. The summed E-state index contributed by atoms with van der Waals surface area (Å²) in [6.45, 7) is 4.02. The molecule has 3 heterocycles. The van der Waals surface area contributed by atoms with Crippen LogP contribution in [0.4, 0.5) is 0 Å². The van der Waals surface area contributed by atoms with E-state index in [9.17, 15) is 4.79 Å². The number of amides is 1. The van der Waals surface area contributed by atoms with Crippen LogP contribution < -0.4 is 0 Å². The summed E-state index contributed by atoms with van der Waals surface area (Å²) >= 11 is 7.40. The van der Waals surface area contributed by atoms with E-state index in [0.29, 0.717) is 16.4 Å². The summed E-state index contributed by atoms with van der Waals surface area (Å²) < 4.78 is 0.618. The standard InChI is InChI=1S/C13H18ClN3OS/c14-13-15-8-11(19-13)9-16-6-3-10(4-7-16)17-5-1-2-12(17)18/h8,10H,1-7,9H2. The van der Waals surface area contributed by atoms with Gasteiger partial charge in [-0.3, -0.25) is 9.69 Å². The minimum absolute atomic E-state index is 0.354. The monoisotopic (exact) mass is 299 g/mol. The maximum absolute atomic E-state index is 11.7. The Kier molecular flexibility index (Phi) is 4.05. The van der Waals surface area contributed by atoms with E-state index >= 15 is 0 Å². The third-order valence-corrected chi connectivity index (χ3v) is 5.11. The molecule has 2 aliphatic rings. The average molecular weight is 300 g/mol. The number of carbonyl (C=O) groups excluding carboxylic acids is 1. The molecule has 0 bridgehead atoms. The van der Waals surface area contributed by atoms with E-state index in [0.717, 1.165) is 51.9 Å². The molecule has 3 rings (SSSR count). The second-order valence-corrected chi connectivity index (χ2v) is 6.97. The van der Waals surface area contributed by atoms with Crippen molar-refractivity contribution in [1.29, 1.82) is 0 Å². The highest BCUT2D eigenvalue weighted by Gasteiger charge is 2.30. The molecule has 1 amide bonds. The van der Waals surface area contributed by atoms with Crippen LogP contribution in [0.25, 0.3) is 0 Å². The highest BCUT2D eigenvalue weighted by molar-refractivity contribution is 7.15. The van der Waals surface area contributed by atoms with Crippen LogP contribution in [0.3, 0.4) is 0 Å². The molecule has 2 saturated heterocycles. The van der Waals surface area contributed by atoms with E-state index in [1.54, 1.807) is 11.3 Å². The Hall–Kier alpha value is -0.650. The molecule has 6 heteroatoms. The minimum atomic E-state index is 0.354. The molecule has 2 fully saturated rings. The molecule has 2 aliphatic heterocycles. The molecule has 0 spiro atoms. The van der Waals surface area contributed by atoms with E-state index in [2.05, 4.69) is 14.8 Å². The third kappa shape index (κ3) is 3.09. The second-order valence-electron chi connectivity index (χ2n) is 5.28. The summed E-state index contributed by atoms with van der Waals surface area (Å²) in [7, 11) is 0. The number of hydrogen-bond donors (Lipinski definition) is 0. The van der Waals surface area contributed by atoms with Gasteiger partial charge in [0.15, 0.2) is 4.47 Å². The molecule has 1 aromatic rings. The third-order valence-electron chi connectivity index (χ3n) is 4.01. The first kappa shape index (κ1) is 13.3. The van der Waals surface area contributed by atoms with Crippen LogP contribution in [-0.4, -0.2) is 46.4 Å². The van der Waals surface area contributed by atoms with Gasteiger partial charge in [0.25, 0.3) is 0 Å². The van der Waals surface area contributed by atoms with Crippen molar-refractivity contribution in [3.05, 3.63) is 15.5 Å². The van der Waals surface area contributed by atoms with Crippen LogP contribution >= 0.6 is 22.9 Å². The lowest BCUT2D eigenvalue weighted by molar-refractivity contribution is -0.130. The first-order valence-corrected chi connectivity index (χ1v) is 8.04. The Labute approximate surface area is 122 Å². The number of piperidine rings is 1. The van der Waals surface area contributed by atoms with Gasteiger partial charge in [0.1, 0.15) is 0 Å². The number of hydrogen-bond acceptors (Lipinski definition) is 4. The Morgan fingerprint density at radius 3 is 2.74 bits per heavy atom. The molecule has 0 N–H and O–H groups in total. The van der Waals surface area contributed by atoms with Gasteiger partial charge in [-0.15, -0.1) is 11.3 Å². The van der Waals surface area contributed by atoms with Crippen molar-refractivity contribution in [3.8, 4) is 0 Å². The van der Waals surface area contributed by atoms with Gasteiger partial charge in [-0.25, -0.2) is 4.98 Å². The van der Waals surface area contributed by atoms with Gasteiger partial charge in [-0.05, 0) is 19.3 Å². The van der Waals surface area contributed by atoms with Gasteiger partial charge in [-0.2, -0.15) is 0 Å². The number of aromatic nitrogens is 1. The van der Waals surface area contributed by atoms with Crippen molar-refractivity contribution in [1.82, 2.24) is 14.8 Å². The number of nitrogens with zero attached hydrogens (tertiary/aromatic N) is 3. The van der Waals surface area contributed by atoms with E-state index in [1.165, 1.54) is 4.88 Å². The zero-order valence-corrected chi connectivity index (χ0v) is 12.4. The van der Waals surface area contributed by atoms with E-state index in [1.807, 2.05) is 6.20 Å². The maximum atomic E-state index is 11.7. The van der Waals surface area contributed by atoms with Gasteiger partial charge in [0.05, 0.1) is 0 Å². The topological polar surface area (TPSA) is 36.4 Å². The van der Waals surface area contributed by atoms with Gasteiger partial charge in [-0.1, -0.05) is 11.6 Å². The zero-order chi connectivity index (χ0) is 13.2. The summed E-state index contributed by atoms with van der Waals surface area (Å²) in [5, 5.41) is 0. The van der Waals surface area contributed by atoms with E-state index in [-0.39, 0.29) is 0 Å². The number of halogens is 1. The average Bonchev–Trinajstić information content (AvgIpc) is 3.00. The normalized spacial score (nSPS) is 22.4. The predicted molar refractivity (Wildman–Crippen MR) is 76.4 cm³/mol. The summed E-state index contributed by atoms with van der Waals surface area (Å²) in [5.41, 5.74) is 0. The van der Waals surface area contributed by atoms with Crippen LogP contribution in [0.1, 0.15) is 30.6 Å². The fourth-order valence-electron chi connectivity index (χ4n) is 3.02. The molecule has 0 unspecified atom stereocenters. The van der Waals surface area contributed by atoms with Crippen LogP contribution in [0.2, 0.25) is 4.47 Å². The molecule has 0 atom stereocenters. The largest absolute Gasteiger partial charge is 0.340 e. The summed E-state index contributed by atoms with van der Waals surface area (Å²) in [6.07, 6.45) is 5.84. The number of likely N-dealkylation sites (tertiary alicyclic amines) is 2. The first-order valence-electron chi connectivity index (χ1n) is 6.84. The van der Waals surface area contributed by atoms with Crippen molar-refractivity contribution in [3.63, 3.8) is 0 Å². The predicted octanol–water partition coefficient (Wildman–Crippen LogP) is 2.38. The molecule has 0 radical (unpaired) electrons. The molecule has 0 aromatic carbocycles. The fourth-order valence-corrected chi connectivity index (χ4v) is 4.04. The van der Waals surface area contributed by atoms with Crippen molar-refractivity contribution < 1.29 is 4.79 Å².